The van der Waals surface area contributed by atoms with Crippen LogP contribution in [0.15, 0.2) is 33.5 Å². The first-order valence-electron chi connectivity index (χ1n) is 8.39. The summed E-state index contributed by atoms with van der Waals surface area (Å²) in [5, 5.41) is 18.8. The highest BCUT2D eigenvalue weighted by atomic mass is 16.5. The summed E-state index contributed by atoms with van der Waals surface area (Å²) in [6, 6.07) is 9.66. The molecule has 2 rings (SSSR count). The molecule has 1 aromatic heterocycles. The molecule has 28 heavy (non-hydrogen) atoms. The van der Waals surface area contributed by atoms with Gasteiger partial charge in [-0.3, -0.25) is 0 Å². The van der Waals surface area contributed by atoms with Crippen LogP contribution in [0.2, 0.25) is 0 Å². The summed E-state index contributed by atoms with van der Waals surface area (Å²) in [6.45, 7) is 4.23. The number of carbonyl (C=O) groups is 1. The van der Waals surface area contributed by atoms with Crippen LogP contribution in [0.25, 0.3) is 11.1 Å². The van der Waals surface area contributed by atoms with Crippen molar-refractivity contribution in [1.29, 1.82) is 10.5 Å². The van der Waals surface area contributed by atoms with Gasteiger partial charge in [0.1, 0.15) is 6.61 Å². The molecule has 0 aliphatic rings. The summed E-state index contributed by atoms with van der Waals surface area (Å²) in [4.78, 5) is 24.1. The Hall–Kier alpha value is -3.62. The maximum atomic E-state index is 12.3. The van der Waals surface area contributed by atoms with E-state index in [2.05, 4.69) is 4.74 Å². The topological polar surface area (TPSA) is 123 Å². The third kappa shape index (κ3) is 4.97. The largest absolute Gasteiger partial charge is 0.484 e. The van der Waals surface area contributed by atoms with Gasteiger partial charge in [-0.1, -0.05) is 19.9 Å². The number of benzene rings is 1. The van der Waals surface area contributed by atoms with E-state index >= 15 is 0 Å². The third-order valence-corrected chi connectivity index (χ3v) is 3.40. The van der Waals surface area contributed by atoms with Crippen LogP contribution in [0.5, 0.6) is 5.75 Å². The Bertz CT molecular complexity index is 934. The number of carbonyl (C=O) groups excluding carboxylic acids is 1. The maximum absolute atomic E-state index is 12.3. The van der Waals surface area contributed by atoms with Crippen LogP contribution in [0, 0.1) is 22.7 Å². The molecule has 0 spiro atoms. The Kier molecular flexibility index (Phi) is 8.94. The van der Waals surface area contributed by atoms with Crippen LogP contribution >= 0.6 is 0 Å². The van der Waals surface area contributed by atoms with Crippen molar-refractivity contribution in [2.24, 2.45) is 0 Å². The lowest BCUT2D eigenvalue weighted by Crippen LogP contribution is -2.16. The average Bonchev–Trinajstić information content (AvgIpc) is 2.74. The first-order chi connectivity index (χ1) is 13.6. The molecule has 1 heterocycles. The minimum atomic E-state index is -0.935. The second-order valence-corrected chi connectivity index (χ2v) is 4.93. The predicted octanol–water partition coefficient (Wildman–Crippen LogP) is 2.89. The quantitative estimate of drug-likeness (QED) is 0.550. The Balaban J connectivity index is 0.00000190. The lowest BCUT2D eigenvalue weighted by atomic mass is 9.95. The molecule has 0 fully saturated rings. The molecule has 1 aromatic carbocycles. The number of hydrogen-bond donors (Lipinski definition) is 0. The molecule has 0 aliphatic heterocycles. The summed E-state index contributed by atoms with van der Waals surface area (Å²) in [5.74, 6) is -1.48. The van der Waals surface area contributed by atoms with Crippen molar-refractivity contribution in [2.75, 3.05) is 27.4 Å². The highest BCUT2D eigenvalue weighted by Gasteiger charge is 2.23. The minimum Gasteiger partial charge on any atom is -0.484 e. The standard InChI is InChI=1S/C18H14N2O6.C2H6/c1-23-6-7-25-16-13(8-14(17(21)24-2)26-18(16)22)15-11(9-19)4-3-5-12(15)10-20;1-2/h3-5,8H,6-7H2,1-2H3;1-2H3. The molecule has 0 radical (unpaired) electrons. The molecule has 8 heteroatoms. The van der Waals surface area contributed by atoms with E-state index in [1.54, 1.807) is 6.07 Å². The fourth-order valence-corrected chi connectivity index (χ4v) is 2.26. The second-order valence-electron chi connectivity index (χ2n) is 4.93. The maximum Gasteiger partial charge on any atom is 0.379 e. The zero-order valence-electron chi connectivity index (χ0n) is 16.1. The molecule has 0 unspecified atom stereocenters. The van der Waals surface area contributed by atoms with Gasteiger partial charge >= 0.3 is 11.6 Å². The average molecular weight is 384 g/mol. The minimum absolute atomic E-state index is 0.0302. The van der Waals surface area contributed by atoms with E-state index in [1.807, 2.05) is 26.0 Å². The van der Waals surface area contributed by atoms with Crippen LogP contribution in [-0.2, 0) is 9.47 Å². The van der Waals surface area contributed by atoms with Crippen LogP contribution in [0.4, 0.5) is 0 Å². The monoisotopic (exact) mass is 384 g/mol. The first-order valence-corrected chi connectivity index (χ1v) is 8.39. The Morgan fingerprint density at radius 3 is 2.21 bits per heavy atom. The number of nitriles is 2. The zero-order valence-corrected chi connectivity index (χ0v) is 16.1. The van der Waals surface area contributed by atoms with Gasteiger partial charge in [-0.15, -0.1) is 0 Å². The van der Waals surface area contributed by atoms with Gasteiger partial charge < -0.3 is 18.6 Å². The normalized spacial score (nSPS) is 9.36. The Morgan fingerprint density at radius 2 is 1.71 bits per heavy atom. The SMILES string of the molecule is CC.COCCOc1c(-c2c(C#N)cccc2C#N)cc(C(=O)OC)oc1=O. The van der Waals surface area contributed by atoms with E-state index in [-0.39, 0.29) is 47.0 Å². The molecule has 146 valence electrons. The smallest absolute Gasteiger partial charge is 0.379 e. The van der Waals surface area contributed by atoms with Crippen molar-refractivity contribution in [2.45, 2.75) is 13.8 Å². The first kappa shape index (κ1) is 22.4. The van der Waals surface area contributed by atoms with Gasteiger partial charge in [-0.05, 0) is 12.1 Å². The predicted molar refractivity (Wildman–Crippen MR) is 99.9 cm³/mol. The molecule has 0 amide bonds. The molecule has 2 aromatic rings. The van der Waals surface area contributed by atoms with Crippen LogP contribution in [0.1, 0.15) is 35.5 Å². The van der Waals surface area contributed by atoms with Gasteiger partial charge in [0, 0.05) is 24.3 Å². The molecule has 0 saturated carbocycles. The molecule has 0 aliphatic carbocycles. The van der Waals surface area contributed by atoms with E-state index in [1.165, 1.54) is 25.3 Å². The van der Waals surface area contributed by atoms with Gasteiger partial charge in [0.05, 0.1) is 37.0 Å². The van der Waals surface area contributed by atoms with Crippen molar-refractivity contribution in [3.05, 3.63) is 51.6 Å². The lowest BCUT2D eigenvalue weighted by Gasteiger charge is -2.13. The number of rotatable bonds is 6. The van der Waals surface area contributed by atoms with Crippen molar-refractivity contribution in [1.82, 2.24) is 0 Å². The van der Waals surface area contributed by atoms with Gasteiger partial charge in [0.15, 0.2) is 0 Å². The summed E-state index contributed by atoms with van der Waals surface area (Å²) in [7, 11) is 2.60. The molecule has 0 atom stereocenters. The summed E-state index contributed by atoms with van der Waals surface area (Å²) in [6.07, 6.45) is 0. The number of methoxy groups -OCH3 is 2. The second kappa shape index (κ2) is 11.2. The summed E-state index contributed by atoms with van der Waals surface area (Å²) >= 11 is 0. The van der Waals surface area contributed by atoms with Crippen molar-refractivity contribution >= 4 is 5.97 Å². The molecule has 0 saturated heterocycles. The lowest BCUT2D eigenvalue weighted by molar-refractivity contribution is 0.0558. The van der Waals surface area contributed by atoms with E-state index < -0.39 is 11.6 Å². The number of hydrogen-bond acceptors (Lipinski definition) is 8. The van der Waals surface area contributed by atoms with Crippen molar-refractivity contribution < 1.29 is 23.4 Å². The molecule has 0 N–H and O–H groups in total. The Labute approximate surface area is 162 Å². The number of esters is 1. The molecule has 8 nitrogen and oxygen atoms in total. The highest BCUT2D eigenvalue weighted by Crippen LogP contribution is 2.33. The molecular formula is C20H20N2O6. The van der Waals surface area contributed by atoms with Crippen LogP contribution < -0.4 is 10.4 Å². The molecule has 0 bridgehead atoms. The van der Waals surface area contributed by atoms with Crippen LogP contribution in [0.3, 0.4) is 0 Å². The van der Waals surface area contributed by atoms with E-state index in [0.29, 0.717) is 0 Å². The van der Waals surface area contributed by atoms with Crippen molar-refractivity contribution in [3.8, 4) is 29.0 Å². The van der Waals surface area contributed by atoms with Gasteiger partial charge in [-0.25, -0.2) is 9.59 Å². The highest BCUT2D eigenvalue weighted by molar-refractivity contribution is 5.90. The van der Waals surface area contributed by atoms with Crippen LogP contribution in [-0.4, -0.2) is 33.4 Å². The third-order valence-electron chi connectivity index (χ3n) is 3.40. The number of ether oxygens (including phenoxy) is 3. The van der Waals surface area contributed by atoms with E-state index in [9.17, 15) is 20.1 Å². The number of nitrogens with zero attached hydrogens (tertiary/aromatic N) is 2. The van der Waals surface area contributed by atoms with Gasteiger partial charge in [-0.2, -0.15) is 10.5 Å². The van der Waals surface area contributed by atoms with Gasteiger partial charge in [0.25, 0.3) is 0 Å². The summed E-state index contributed by atoms with van der Waals surface area (Å²) in [5.41, 5.74) is -0.394. The fraction of sp³-hybridized carbons (Fsp3) is 0.300. The zero-order chi connectivity index (χ0) is 21.1. The summed E-state index contributed by atoms with van der Waals surface area (Å²) < 4.78 is 19.8. The van der Waals surface area contributed by atoms with E-state index in [4.69, 9.17) is 13.9 Å². The van der Waals surface area contributed by atoms with Gasteiger partial charge in [0.2, 0.25) is 11.5 Å². The fourth-order valence-electron chi connectivity index (χ4n) is 2.26. The van der Waals surface area contributed by atoms with Crippen molar-refractivity contribution in [3.63, 3.8) is 0 Å². The van der Waals surface area contributed by atoms with E-state index in [0.717, 1.165) is 7.11 Å². The Morgan fingerprint density at radius 1 is 1.11 bits per heavy atom. The molecular weight excluding hydrogens is 364 g/mol.